The van der Waals surface area contributed by atoms with Gasteiger partial charge in [0, 0.05) is 6.04 Å². The van der Waals surface area contributed by atoms with Crippen LogP contribution in [-0.2, 0) is 0 Å². The van der Waals surface area contributed by atoms with E-state index in [2.05, 4.69) is 13.8 Å². The zero-order chi connectivity index (χ0) is 8.97. The molecule has 0 spiro atoms. The maximum Gasteiger partial charge on any atom is 0.00673 e. The molecule has 0 heterocycles. The molecule has 3 unspecified atom stereocenters. The van der Waals surface area contributed by atoms with E-state index in [1.165, 1.54) is 38.5 Å². The molecule has 1 fully saturated rings. The highest BCUT2D eigenvalue weighted by molar-refractivity contribution is 4.80. The van der Waals surface area contributed by atoms with E-state index in [1.54, 1.807) is 0 Å². The molecule has 1 rings (SSSR count). The van der Waals surface area contributed by atoms with Crippen molar-refractivity contribution >= 4 is 0 Å². The van der Waals surface area contributed by atoms with Crippen molar-refractivity contribution in [1.29, 1.82) is 0 Å². The van der Waals surface area contributed by atoms with Gasteiger partial charge in [-0.2, -0.15) is 0 Å². The van der Waals surface area contributed by atoms with Gasteiger partial charge in [0.1, 0.15) is 0 Å². The van der Waals surface area contributed by atoms with Crippen molar-refractivity contribution in [3.8, 4) is 0 Å². The van der Waals surface area contributed by atoms with E-state index in [9.17, 15) is 0 Å². The van der Waals surface area contributed by atoms with Crippen LogP contribution >= 0.6 is 0 Å². The first-order valence-corrected chi connectivity index (χ1v) is 5.49. The summed E-state index contributed by atoms with van der Waals surface area (Å²) in [6, 6.07) is 0.507. The molecule has 3 atom stereocenters. The van der Waals surface area contributed by atoms with Gasteiger partial charge in [0.15, 0.2) is 0 Å². The maximum atomic E-state index is 6.08. The molecular formula is C11H23N. The first-order valence-electron chi connectivity index (χ1n) is 5.49. The summed E-state index contributed by atoms with van der Waals surface area (Å²) in [5.74, 6) is 1.75. The lowest BCUT2D eigenvalue weighted by Crippen LogP contribution is -2.35. The summed E-state index contributed by atoms with van der Waals surface area (Å²) in [6.45, 7) is 4.63. The molecule has 0 aliphatic heterocycles. The number of unbranched alkanes of at least 4 members (excludes halogenated alkanes) is 1. The van der Waals surface area contributed by atoms with Crippen molar-refractivity contribution in [2.24, 2.45) is 17.6 Å². The van der Waals surface area contributed by atoms with Crippen LogP contribution in [0.25, 0.3) is 0 Å². The first-order chi connectivity index (χ1) is 5.74. The van der Waals surface area contributed by atoms with E-state index < -0.39 is 0 Å². The Balaban J connectivity index is 2.28. The summed E-state index contributed by atoms with van der Waals surface area (Å²) >= 11 is 0. The van der Waals surface area contributed by atoms with Crippen molar-refractivity contribution in [1.82, 2.24) is 0 Å². The van der Waals surface area contributed by atoms with Crippen LogP contribution < -0.4 is 5.73 Å². The minimum absolute atomic E-state index is 0.507. The predicted molar refractivity (Wildman–Crippen MR) is 54.0 cm³/mol. The summed E-state index contributed by atoms with van der Waals surface area (Å²) in [4.78, 5) is 0. The number of nitrogens with two attached hydrogens (primary N) is 1. The Morgan fingerprint density at radius 2 is 2.08 bits per heavy atom. The van der Waals surface area contributed by atoms with Crippen molar-refractivity contribution in [3.63, 3.8) is 0 Å². The van der Waals surface area contributed by atoms with Crippen LogP contribution in [0.15, 0.2) is 0 Å². The van der Waals surface area contributed by atoms with Gasteiger partial charge >= 0.3 is 0 Å². The second-order valence-electron chi connectivity index (χ2n) is 4.48. The van der Waals surface area contributed by atoms with E-state index in [0.29, 0.717) is 6.04 Å². The molecule has 1 saturated carbocycles. The fraction of sp³-hybridized carbons (Fsp3) is 1.00. The molecule has 0 aromatic heterocycles. The van der Waals surface area contributed by atoms with Crippen LogP contribution in [0.1, 0.15) is 52.4 Å². The minimum Gasteiger partial charge on any atom is -0.327 e. The first kappa shape index (κ1) is 10.0. The summed E-state index contributed by atoms with van der Waals surface area (Å²) in [5, 5.41) is 0. The van der Waals surface area contributed by atoms with E-state index in [-0.39, 0.29) is 0 Å². The molecule has 0 amide bonds. The average molecular weight is 169 g/mol. The quantitative estimate of drug-likeness (QED) is 0.690. The monoisotopic (exact) mass is 169 g/mol. The van der Waals surface area contributed by atoms with Gasteiger partial charge in [-0.3, -0.25) is 0 Å². The molecule has 0 aromatic carbocycles. The second kappa shape index (κ2) is 4.86. The van der Waals surface area contributed by atoms with E-state index in [4.69, 9.17) is 5.73 Å². The van der Waals surface area contributed by atoms with Crippen LogP contribution in [0.5, 0.6) is 0 Å². The number of hydrogen-bond donors (Lipinski definition) is 1. The smallest absolute Gasteiger partial charge is 0.00673 e. The van der Waals surface area contributed by atoms with Crippen LogP contribution in [0.4, 0.5) is 0 Å². The van der Waals surface area contributed by atoms with Gasteiger partial charge in [0.05, 0.1) is 0 Å². The van der Waals surface area contributed by atoms with Crippen molar-refractivity contribution in [2.75, 3.05) is 0 Å². The van der Waals surface area contributed by atoms with Crippen LogP contribution in [0, 0.1) is 11.8 Å². The zero-order valence-electron chi connectivity index (χ0n) is 8.55. The molecule has 1 heteroatoms. The minimum atomic E-state index is 0.507. The number of hydrogen-bond acceptors (Lipinski definition) is 1. The van der Waals surface area contributed by atoms with Crippen molar-refractivity contribution < 1.29 is 0 Å². The lowest BCUT2D eigenvalue weighted by molar-refractivity contribution is 0.230. The van der Waals surface area contributed by atoms with Gasteiger partial charge in [-0.25, -0.2) is 0 Å². The normalized spacial score (nSPS) is 36.8. The summed E-state index contributed by atoms with van der Waals surface area (Å²) in [6.07, 6.45) is 8.03. The predicted octanol–water partition coefficient (Wildman–Crippen LogP) is 2.94. The lowest BCUT2D eigenvalue weighted by Gasteiger charge is -2.32. The Bertz CT molecular complexity index is 122. The van der Waals surface area contributed by atoms with E-state index in [0.717, 1.165) is 11.8 Å². The van der Waals surface area contributed by atoms with Gasteiger partial charge in [-0.05, 0) is 37.5 Å². The molecule has 12 heavy (non-hydrogen) atoms. The lowest BCUT2D eigenvalue weighted by atomic mass is 9.77. The molecule has 0 radical (unpaired) electrons. The molecule has 0 bridgehead atoms. The molecule has 2 N–H and O–H groups in total. The van der Waals surface area contributed by atoms with E-state index >= 15 is 0 Å². The average Bonchev–Trinajstić information content (AvgIpc) is 2.07. The fourth-order valence-electron chi connectivity index (χ4n) is 2.32. The fourth-order valence-corrected chi connectivity index (χ4v) is 2.32. The SMILES string of the molecule is CCCCC1CC(C)CCC1N. The highest BCUT2D eigenvalue weighted by atomic mass is 14.7. The molecule has 72 valence electrons. The standard InChI is InChI=1S/C11H23N/c1-3-4-5-10-8-9(2)6-7-11(10)12/h9-11H,3-8,12H2,1-2H3. The van der Waals surface area contributed by atoms with Crippen molar-refractivity contribution in [3.05, 3.63) is 0 Å². The molecule has 1 aliphatic rings. The molecule has 0 saturated heterocycles. The third kappa shape index (κ3) is 2.78. The molecule has 0 aromatic rings. The van der Waals surface area contributed by atoms with Crippen LogP contribution in [-0.4, -0.2) is 6.04 Å². The Morgan fingerprint density at radius 1 is 1.33 bits per heavy atom. The van der Waals surface area contributed by atoms with Crippen LogP contribution in [0.3, 0.4) is 0 Å². The van der Waals surface area contributed by atoms with Crippen molar-refractivity contribution in [2.45, 2.75) is 58.4 Å². The second-order valence-corrected chi connectivity index (χ2v) is 4.48. The zero-order valence-corrected chi connectivity index (χ0v) is 8.55. The summed E-state index contributed by atoms with van der Waals surface area (Å²) in [7, 11) is 0. The highest BCUT2D eigenvalue weighted by Gasteiger charge is 2.24. The van der Waals surface area contributed by atoms with Crippen LogP contribution in [0.2, 0.25) is 0 Å². The van der Waals surface area contributed by atoms with E-state index in [1.807, 2.05) is 0 Å². The Labute approximate surface area is 76.7 Å². The van der Waals surface area contributed by atoms with Gasteiger partial charge < -0.3 is 5.73 Å². The largest absolute Gasteiger partial charge is 0.327 e. The Hall–Kier alpha value is -0.0400. The summed E-state index contributed by atoms with van der Waals surface area (Å²) in [5.41, 5.74) is 6.08. The number of rotatable bonds is 3. The molecule has 1 aliphatic carbocycles. The third-order valence-electron chi connectivity index (χ3n) is 3.23. The van der Waals surface area contributed by atoms with Gasteiger partial charge in [0.2, 0.25) is 0 Å². The Kier molecular flexibility index (Phi) is 4.07. The van der Waals surface area contributed by atoms with Gasteiger partial charge in [0.25, 0.3) is 0 Å². The summed E-state index contributed by atoms with van der Waals surface area (Å²) < 4.78 is 0. The maximum absolute atomic E-state index is 6.08. The highest BCUT2D eigenvalue weighted by Crippen LogP contribution is 2.30. The van der Waals surface area contributed by atoms with Gasteiger partial charge in [-0.15, -0.1) is 0 Å². The molecular weight excluding hydrogens is 146 g/mol. The van der Waals surface area contributed by atoms with Gasteiger partial charge in [-0.1, -0.05) is 26.7 Å². The topological polar surface area (TPSA) is 26.0 Å². The Morgan fingerprint density at radius 3 is 2.75 bits per heavy atom. The molecule has 1 nitrogen and oxygen atoms in total. The third-order valence-corrected chi connectivity index (χ3v) is 3.23.